The lowest BCUT2D eigenvalue weighted by Crippen LogP contribution is -2.32. The summed E-state index contributed by atoms with van der Waals surface area (Å²) in [5.74, 6) is 1.09. The molecule has 0 radical (unpaired) electrons. The minimum absolute atomic E-state index is 0.0343. The summed E-state index contributed by atoms with van der Waals surface area (Å²) in [6.45, 7) is 2.47. The van der Waals surface area contributed by atoms with Gasteiger partial charge in [-0.25, -0.2) is 0 Å². The fourth-order valence-corrected chi connectivity index (χ4v) is 3.90. The number of carbonyl (C=O) groups excluding carboxylic acids is 1. The van der Waals surface area contributed by atoms with Crippen LogP contribution in [0.1, 0.15) is 24.4 Å². The number of thioether (sulfide) groups is 1. The van der Waals surface area contributed by atoms with Crippen molar-refractivity contribution >= 4 is 45.8 Å². The van der Waals surface area contributed by atoms with E-state index in [1.807, 2.05) is 12.1 Å². The number of halogens is 1. The number of amides is 1. The molecule has 4 nitrogen and oxygen atoms in total. The van der Waals surface area contributed by atoms with E-state index in [0.717, 1.165) is 28.7 Å². The topological polar surface area (TPSA) is 41.6 Å². The lowest BCUT2D eigenvalue weighted by atomic mass is 10.1. The van der Waals surface area contributed by atoms with Crippen LogP contribution in [0.25, 0.3) is 0 Å². The fraction of sp³-hybridized carbons (Fsp3) is 0.467. The van der Waals surface area contributed by atoms with Crippen LogP contribution >= 0.6 is 35.6 Å². The number of nitrogens with zero attached hydrogens (tertiary/aromatic N) is 1. The molecular weight excluding hydrogens is 340 g/mol. The standard InChI is InChI=1S/C15H17ClN2O2S2/c16-10-3-4-13-11(7-10)12(8-20-13)17-14(19)9-22-15(21)18-5-1-2-6-18/h3-4,7,12H,1-2,5-6,8-9H2,(H,17,19). The Morgan fingerprint density at radius 3 is 3.00 bits per heavy atom. The first-order valence-corrected chi connectivity index (χ1v) is 9.04. The third-order valence-electron chi connectivity index (χ3n) is 3.78. The second-order valence-electron chi connectivity index (χ2n) is 5.36. The molecule has 22 heavy (non-hydrogen) atoms. The molecule has 3 rings (SSSR count). The Morgan fingerprint density at radius 1 is 1.45 bits per heavy atom. The van der Waals surface area contributed by atoms with Crippen molar-refractivity contribution in [3.63, 3.8) is 0 Å². The first-order valence-electron chi connectivity index (χ1n) is 7.27. The van der Waals surface area contributed by atoms with Gasteiger partial charge in [-0.1, -0.05) is 35.6 Å². The van der Waals surface area contributed by atoms with Gasteiger partial charge in [0.15, 0.2) is 0 Å². The molecule has 2 heterocycles. The Balaban J connectivity index is 1.51. The van der Waals surface area contributed by atoms with Gasteiger partial charge in [0, 0.05) is 23.7 Å². The molecule has 0 bridgehead atoms. The molecule has 1 unspecified atom stereocenters. The lowest BCUT2D eigenvalue weighted by Gasteiger charge is -2.18. The highest BCUT2D eigenvalue weighted by Crippen LogP contribution is 2.34. The summed E-state index contributed by atoms with van der Waals surface area (Å²) < 4.78 is 6.38. The molecule has 118 valence electrons. The van der Waals surface area contributed by atoms with E-state index in [1.54, 1.807) is 6.07 Å². The molecule has 0 spiro atoms. The van der Waals surface area contributed by atoms with Crippen molar-refractivity contribution in [3.05, 3.63) is 28.8 Å². The monoisotopic (exact) mass is 356 g/mol. The van der Waals surface area contributed by atoms with E-state index in [2.05, 4.69) is 10.2 Å². The van der Waals surface area contributed by atoms with Crippen molar-refractivity contribution in [2.24, 2.45) is 0 Å². The van der Waals surface area contributed by atoms with E-state index in [4.69, 9.17) is 28.6 Å². The van der Waals surface area contributed by atoms with Gasteiger partial charge in [0.2, 0.25) is 5.91 Å². The van der Waals surface area contributed by atoms with Gasteiger partial charge in [0.1, 0.15) is 16.7 Å². The molecular formula is C15H17ClN2O2S2. The normalized spacial score (nSPS) is 19.7. The number of hydrogen-bond acceptors (Lipinski definition) is 4. The third kappa shape index (κ3) is 3.67. The van der Waals surface area contributed by atoms with Gasteiger partial charge < -0.3 is 15.0 Å². The summed E-state index contributed by atoms with van der Waals surface area (Å²) in [6.07, 6.45) is 2.37. The molecule has 0 aromatic heterocycles. The highest BCUT2D eigenvalue weighted by molar-refractivity contribution is 8.23. The summed E-state index contributed by atoms with van der Waals surface area (Å²) in [4.78, 5) is 14.3. The molecule has 0 saturated carbocycles. The predicted octanol–water partition coefficient (Wildman–Crippen LogP) is 3.00. The number of thiocarbonyl (C=S) groups is 1. The van der Waals surface area contributed by atoms with Crippen LogP contribution in [-0.4, -0.2) is 40.6 Å². The summed E-state index contributed by atoms with van der Waals surface area (Å²) in [7, 11) is 0. The summed E-state index contributed by atoms with van der Waals surface area (Å²) in [5.41, 5.74) is 0.938. The zero-order valence-corrected chi connectivity index (χ0v) is 14.4. The lowest BCUT2D eigenvalue weighted by molar-refractivity contribution is -0.119. The average molecular weight is 357 g/mol. The summed E-state index contributed by atoms with van der Waals surface area (Å²) in [6, 6.07) is 5.33. The van der Waals surface area contributed by atoms with Crippen molar-refractivity contribution in [1.82, 2.24) is 10.2 Å². The Bertz CT molecular complexity index is 591. The molecule has 1 aromatic carbocycles. The molecule has 1 saturated heterocycles. The van der Waals surface area contributed by atoms with Crippen molar-refractivity contribution in [2.75, 3.05) is 25.4 Å². The van der Waals surface area contributed by atoms with Gasteiger partial charge in [0.05, 0.1) is 11.8 Å². The minimum Gasteiger partial charge on any atom is -0.491 e. The van der Waals surface area contributed by atoms with Gasteiger partial charge in [-0.05, 0) is 31.0 Å². The van der Waals surface area contributed by atoms with Crippen LogP contribution in [0.15, 0.2) is 18.2 Å². The second kappa shape index (κ2) is 7.06. The number of likely N-dealkylation sites (tertiary alicyclic amines) is 1. The zero-order chi connectivity index (χ0) is 15.5. The SMILES string of the molecule is O=C(CSC(=S)N1CCCC1)NC1COc2ccc(Cl)cc21. The van der Waals surface area contributed by atoms with Crippen molar-refractivity contribution in [2.45, 2.75) is 18.9 Å². The Kier molecular flexibility index (Phi) is 5.10. The fourth-order valence-electron chi connectivity index (χ4n) is 2.66. The van der Waals surface area contributed by atoms with Crippen molar-refractivity contribution in [1.29, 1.82) is 0 Å². The van der Waals surface area contributed by atoms with Crippen LogP contribution in [0.2, 0.25) is 5.02 Å². The van der Waals surface area contributed by atoms with Crippen LogP contribution in [0.3, 0.4) is 0 Å². The van der Waals surface area contributed by atoms with Gasteiger partial charge in [-0.2, -0.15) is 0 Å². The molecule has 1 aromatic rings. The maximum atomic E-state index is 12.1. The van der Waals surface area contributed by atoms with Gasteiger partial charge >= 0.3 is 0 Å². The van der Waals surface area contributed by atoms with Crippen LogP contribution in [-0.2, 0) is 4.79 Å². The largest absolute Gasteiger partial charge is 0.491 e. The molecule has 2 aliphatic rings. The number of carbonyl (C=O) groups is 1. The number of nitrogens with one attached hydrogen (secondary N) is 1. The van der Waals surface area contributed by atoms with Crippen LogP contribution in [0.4, 0.5) is 0 Å². The van der Waals surface area contributed by atoms with Crippen LogP contribution in [0.5, 0.6) is 5.75 Å². The second-order valence-corrected chi connectivity index (χ2v) is 7.41. The molecule has 2 aliphatic heterocycles. The van der Waals surface area contributed by atoms with E-state index in [1.165, 1.54) is 24.6 Å². The van der Waals surface area contributed by atoms with Crippen LogP contribution < -0.4 is 10.1 Å². The van der Waals surface area contributed by atoms with Crippen LogP contribution in [0, 0.1) is 0 Å². The molecule has 7 heteroatoms. The maximum absolute atomic E-state index is 12.1. The number of ether oxygens (including phenoxy) is 1. The van der Waals surface area contributed by atoms with Crippen molar-refractivity contribution in [3.8, 4) is 5.75 Å². The maximum Gasteiger partial charge on any atom is 0.231 e. The Hall–Kier alpha value is -0.980. The highest BCUT2D eigenvalue weighted by Gasteiger charge is 2.26. The number of rotatable bonds is 3. The quantitative estimate of drug-likeness (QED) is 0.843. The van der Waals surface area contributed by atoms with E-state index in [0.29, 0.717) is 17.4 Å². The summed E-state index contributed by atoms with van der Waals surface area (Å²) >= 11 is 12.8. The van der Waals surface area contributed by atoms with E-state index < -0.39 is 0 Å². The van der Waals surface area contributed by atoms with E-state index in [-0.39, 0.29) is 11.9 Å². The van der Waals surface area contributed by atoms with Gasteiger partial charge in [-0.15, -0.1) is 0 Å². The van der Waals surface area contributed by atoms with E-state index in [9.17, 15) is 4.79 Å². The third-order valence-corrected chi connectivity index (χ3v) is 5.54. The molecule has 1 amide bonds. The Morgan fingerprint density at radius 2 is 2.23 bits per heavy atom. The van der Waals surface area contributed by atoms with Gasteiger partial charge in [-0.3, -0.25) is 4.79 Å². The van der Waals surface area contributed by atoms with E-state index >= 15 is 0 Å². The zero-order valence-electron chi connectivity index (χ0n) is 12.0. The number of fused-ring (bicyclic) bond motifs is 1. The number of benzene rings is 1. The Labute approximate surface area is 144 Å². The molecule has 1 N–H and O–H groups in total. The molecule has 1 atom stereocenters. The average Bonchev–Trinajstić information content (AvgIpc) is 3.15. The highest BCUT2D eigenvalue weighted by atomic mass is 35.5. The van der Waals surface area contributed by atoms with Crippen molar-refractivity contribution < 1.29 is 9.53 Å². The number of hydrogen-bond donors (Lipinski definition) is 1. The predicted molar refractivity (Wildman–Crippen MR) is 93.7 cm³/mol. The first kappa shape index (κ1) is 15.9. The van der Waals surface area contributed by atoms with Gasteiger partial charge in [0.25, 0.3) is 0 Å². The molecule has 0 aliphatic carbocycles. The smallest absolute Gasteiger partial charge is 0.231 e. The minimum atomic E-state index is -0.137. The molecule has 1 fully saturated rings. The summed E-state index contributed by atoms with van der Waals surface area (Å²) in [5, 5.41) is 3.63. The first-order chi connectivity index (χ1) is 10.6.